The van der Waals surface area contributed by atoms with Crippen molar-refractivity contribution in [1.29, 1.82) is 0 Å². The van der Waals surface area contributed by atoms with Crippen LogP contribution in [0.1, 0.15) is 49.8 Å². The molecule has 1 fully saturated rings. The van der Waals surface area contributed by atoms with Crippen LogP contribution in [0.4, 0.5) is 0 Å². The van der Waals surface area contributed by atoms with E-state index in [1.54, 1.807) is 30.1 Å². The maximum atomic E-state index is 13.7. The maximum Gasteiger partial charge on any atom is 0.254 e. The van der Waals surface area contributed by atoms with Crippen molar-refractivity contribution in [2.75, 3.05) is 13.6 Å². The number of amides is 2. The Balaban J connectivity index is 1.42. The lowest BCUT2D eigenvalue weighted by molar-refractivity contribution is 0.0737. The van der Waals surface area contributed by atoms with Gasteiger partial charge in [0.05, 0.1) is 24.9 Å². The lowest BCUT2D eigenvalue weighted by Crippen LogP contribution is -2.52. The standard InChI is InChI=1S/C30H33N5O4S/c1-19-18-40-26(33-19)17-35(2)30(38)23-15-21(14-22(16-23)29-32-11-12-39-29)28(37)34-25(13-20-7-4-3-5-8-20)27(36)24-9-6-10-31-24/h3-5,7-8,11-12,14-16,18,24-25,27,31,36H,6,9-10,13,17H2,1-2H3,(H,34,37). The van der Waals surface area contributed by atoms with Gasteiger partial charge in [-0.2, -0.15) is 0 Å². The van der Waals surface area contributed by atoms with Crippen LogP contribution < -0.4 is 10.6 Å². The molecule has 9 nitrogen and oxygen atoms in total. The third-order valence-electron chi connectivity index (χ3n) is 7.04. The molecule has 2 aromatic heterocycles. The van der Waals surface area contributed by atoms with Crippen molar-refractivity contribution in [1.82, 2.24) is 25.5 Å². The molecule has 2 aromatic carbocycles. The summed E-state index contributed by atoms with van der Waals surface area (Å²) in [5.74, 6) is -0.345. The number of hydrogen-bond acceptors (Lipinski definition) is 8. The summed E-state index contributed by atoms with van der Waals surface area (Å²) < 4.78 is 5.49. The number of aliphatic hydroxyl groups excluding tert-OH is 1. The fourth-order valence-corrected chi connectivity index (χ4v) is 5.83. The first kappa shape index (κ1) is 27.7. The number of rotatable bonds is 10. The Morgan fingerprint density at radius 2 is 2.02 bits per heavy atom. The fraction of sp³-hybridized carbons (Fsp3) is 0.333. The molecule has 5 rings (SSSR count). The first-order chi connectivity index (χ1) is 19.4. The van der Waals surface area contributed by atoms with Gasteiger partial charge in [0.25, 0.3) is 11.8 Å². The van der Waals surface area contributed by atoms with Crippen molar-refractivity contribution in [3.05, 3.63) is 93.8 Å². The van der Waals surface area contributed by atoms with Gasteiger partial charge in [-0.25, -0.2) is 9.97 Å². The predicted octanol–water partition coefficient (Wildman–Crippen LogP) is 3.83. The molecule has 3 unspecified atom stereocenters. The molecule has 0 spiro atoms. The average molecular weight is 560 g/mol. The van der Waals surface area contributed by atoms with E-state index in [0.29, 0.717) is 30.0 Å². The van der Waals surface area contributed by atoms with Crippen LogP contribution in [0.5, 0.6) is 0 Å². The van der Waals surface area contributed by atoms with Crippen LogP contribution in [0, 0.1) is 6.92 Å². The van der Waals surface area contributed by atoms with E-state index in [4.69, 9.17) is 4.42 Å². The van der Waals surface area contributed by atoms with Gasteiger partial charge in [-0.15, -0.1) is 11.3 Å². The largest absolute Gasteiger partial charge is 0.445 e. The van der Waals surface area contributed by atoms with E-state index in [9.17, 15) is 14.7 Å². The molecule has 3 heterocycles. The molecule has 1 saturated heterocycles. The van der Waals surface area contributed by atoms with E-state index in [0.717, 1.165) is 35.7 Å². The van der Waals surface area contributed by atoms with Crippen LogP contribution in [0.2, 0.25) is 0 Å². The van der Waals surface area contributed by atoms with Gasteiger partial charge >= 0.3 is 0 Å². The van der Waals surface area contributed by atoms with Crippen molar-refractivity contribution in [3.8, 4) is 11.5 Å². The van der Waals surface area contributed by atoms with E-state index in [-0.39, 0.29) is 17.5 Å². The van der Waals surface area contributed by atoms with E-state index in [1.165, 1.54) is 23.8 Å². The van der Waals surface area contributed by atoms with Gasteiger partial charge < -0.3 is 25.1 Å². The number of aromatic nitrogens is 2. The van der Waals surface area contributed by atoms with Gasteiger partial charge in [0.2, 0.25) is 5.89 Å². The number of carbonyl (C=O) groups is 2. The molecule has 3 atom stereocenters. The number of benzene rings is 2. The number of carbonyl (C=O) groups excluding carboxylic acids is 2. The van der Waals surface area contributed by atoms with Crippen molar-refractivity contribution in [2.45, 2.75) is 50.9 Å². The first-order valence-electron chi connectivity index (χ1n) is 13.3. The Labute approximate surface area is 237 Å². The zero-order valence-corrected chi connectivity index (χ0v) is 23.4. The highest BCUT2D eigenvalue weighted by Gasteiger charge is 2.31. The molecule has 0 bridgehead atoms. The van der Waals surface area contributed by atoms with E-state index >= 15 is 0 Å². The number of nitrogens with zero attached hydrogens (tertiary/aromatic N) is 3. The SMILES string of the molecule is Cc1csc(CN(C)C(=O)c2cc(C(=O)NC(Cc3ccccc3)C(O)C3CCCN3)cc(-c3ncco3)c2)n1. The molecular weight excluding hydrogens is 526 g/mol. The maximum absolute atomic E-state index is 13.7. The summed E-state index contributed by atoms with van der Waals surface area (Å²) in [4.78, 5) is 37.4. The number of nitrogens with one attached hydrogen (secondary N) is 2. The second-order valence-corrected chi connectivity index (χ2v) is 11.1. The quantitative estimate of drug-likeness (QED) is 0.270. The summed E-state index contributed by atoms with van der Waals surface area (Å²) in [6.07, 6.45) is 4.46. The Kier molecular flexibility index (Phi) is 8.69. The minimum Gasteiger partial charge on any atom is -0.445 e. The molecule has 4 aromatic rings. The smallest absolute Gasteiger partial charge is 0.254 e. The van der Waals surface area contributed by atoms with Crippen LogP contribution in [0.25, 0.3) is 11.5 Å². The number of aliphatic hydroxyl groups is 1. The van der Waals surface area contributed by atoms with Gasteiger partial charge in [-0.05, 0) is 56.5 Å². The average Bonchev–Trinajstić information content (AvgIpc) is 3.76. The number of hydrogen-bond donors (Lipinski definition) is 3. The summed E-state index contributed by atoms with van der Waals surface area (Å²) in [6.45, 7) is 3.10. The lowest BCUT2D eigenvalue weighted by Gasteiger charge is -2.29. The molecule has 0 aliphatic carbocycles. The monoisotopic (exact) mass is 559 g/mol. The van der Waals surface area contributed by atoms with Gasteiger partial charge in [0.15, 0.2) is 0 Å². The Morgan fingerprint density at radius 1 is 1.23 bits per heavy atom. The summed E-state index contributed by atoms with van der Waals surface area (Å²) in [5.41, 5.74) is 3.03. The number of aryl methyl sites for hydroxylation is 1. The zero-order valence-electron chi connectivity index (χ0n) is 22.5. The van der Waals surface area contributed by atoms with Crippen molar-refractivity contribution >= 4 is 23.2 Å². The Bertz CT molecular complexity index is 1430. The second kappa shape index (κ2) is 12.5. The van der Waals surface area contributed by atoms with Crippen molar-refractivity contribution < 1.29 is 19.1 Å². The molecule has 3 N–H and O–H groups in total. The molecule has 40 heavy (non-hydrogen) atoms. The summed E-state index contributed by atoms with van der Waals surface area (Å²) in [5, 5.41) is 20.4. The van der Waals surface area contributed by atoms with Crippen molar-refractivity contribution in [2.24, 2.45) is 0 Å². The van der Waals surface area contributed by atoms with Gasteiger partial charge in [0, 0.05) is 40.9 Å². The van der Waals surface area contributed by atoms with Crippen LogP contribution in [0.3, 0.4) is 0 Å². The highest BCUT2D eigenvalue weighted by molar-refractivity contribution is 7.09. The number of oxazole rings is 1. The molecular formula is C30H33N5O4S. The normalized spacial score (nSPS) is 16.4. The van der Waals surface area contributed by atoms with Crippen LogP contribution in [0.15, 0.2) is 70.8 Å². The first-order valence-corrected chi connectivity index (χ1v) is 14.2. The molecule has 208 valence electrons. The molecule has 0 radical (unpaired) electrons. The zero-order chi connectivity index (χ0) is 28.1. The van der Waals surface area contributed by atoms with Crippen LogP contribution >= 0.6 is 11.3 Å². The molecule has 10 heteroatoms. The van der Waals surface area contributed by atoms with E-state index in [2.05, 4.69) is 20.6 Å². The predicted molar refractivity (Wildman–Crippen MR) is 153 cm³/mol. The highest BCUT2D eigenvalue weighted by atomic mass is 32.1. The van der Waals surface area contributed by atoms with Gasteiger partial charge in [-0.1, -0.05) is 30.3 Å². The molecule has 2 amide bonds. The van der Waals surface area contributed by atoms with E-state index in [1.807, 2.05) is 42.6 Å². The summed E-state index contributed by atoms with van der Waals surface area (Å²) in [7, 11) is 1.71. The third-order valence-corrected chi connectivity index (χ3v) is 8.00. The molecule has 1 aliphatic rings. The molecule has 1 aliphatic heterocycles. The lowest BCUT2D eigenvalue weighted by atomic mass is 9.95. The minimum atomic E-state index is -0.782. The van der Waals surface area contributed by atoms with E-state index < -0.39 is 18.1 Å². The topological polar surface area (TPSA) is 121 Å². The second-order valence-electron chi connectivity index (χ2n) is 10.1. The van der Waals surface area contributed by atoms with Crippen LogP contribution in [-0.2, 0) is 13.0 Å². The minimum absolute atomic E-state index is 0.104. The number of thiazole rings is 1. The summed E-state index contributed by atoms with van der Waals surface area (Å²) in [6, 6.07) is 14.0. The van der Waals surface area contributed by atoms with Crippen LogP contribution in [-0.4, -0.2) is 63.6 Å². The third kappa shape index (κ3) is 6.64. The summed E-state index contributed by atoms with van der Waals surface area (Å²) >= 11 is 1.50. The Morgan fingerprint density at radius 3 is 2.70 bits per heavy atom. The highest BCUT2D eigenvalue weighted by Crippen LogP contribution is 2.24. The molecule has 0 saturated carbocycles. The van der Waals surface area contributed by atoms with Gasteiger partial charge in [0.1, 0.15) is 11.3 Å². The van der Waals surface area contributed by atoms with Crippen molar-refractivity contribution in [3.63, 3.8) is 0 Å². The fourth-order valence-electron chi connectivity index (χ4n) is 5.00. The van der Waals surface area contributed by atoms with Gasteiger partial charge in [-0.3, -0.25) is 9.59 Å². The Hall–Kier alpha value is -3.86.